The number of ether oxygens (including phenoxy) is 1. The largest absolute Gasteiger partial charge is 0.497 e. The second kappa shape index (κ2) is 6.37. The molecule has 2 N–H and O–H groups in total. The number of piperazine rings is 1. The zero-order valence-corrected chi connectivity index (χ0v) is 12.0. The van der Waals surface area contributed by atoms with Gasteiger partial charge in [-0.25, -0.2) is 0 Å². The lowest BCUT2D eigenvalue weighted by Gasteiger charge is -2.40. The van der Waals surface area contributed by atoms with Gasteiger partial charge in [-0.2, -0.15) is 0 Å². The van der Waals surface area contributed by atoms with E-state index in [0.717, 1.165) is 25.4 Å². The average Bonchev–Trinajstić information content (AvgIpc) is 2.38. The number of nitrogens with one attached hydrogen (secondary N) is 1. The van der Waals surface area contributed by atoms with Gasteiger partial charge in [0.05, 0.1) is 13.2 Å². The van der Waals surface area contributed by atoms with Crippen LogP contribution in [0.15, 0.2) is 24.3 Å². The Bertz CT molecular complexity index is 409. The molecule has 3 atom stereocenters. The molecule has 19 heavy (non-hydrogen) atoms. The molecule has 3 unspecified atom stereocenters. The van der Waals surface area contributed by atoms with Gasteiger partial charge in [0.25, 0.3) is 0 Å². The molecular formula is C15H24N2O2. The number of benzene rings is 1. The van der Waals surface area contributed by atoms with Crippen molar-refractivity contribution < 1.29 is 9.84 Å². The summed E-state index contributed by atoms with van der Waals surface area (Å²) in [6, 6.07) is 8.76. The monoisotopic (exact) mass is 264 g/mol. The Hall–Kier alpha value is -1.10. The van der Waals surface area contributed by atoms with Crippen LogP contribution in [0, 0.1) is 0 Å². The summed E-state index contributed by atoms with van der Waals surface area (Å²) in [6.07, 6.45) is -0.328. The van der Waals surface area contributed by atoms with E-state index >= 15 is 0 Å². The van der Waals surface area contributed by atoms with Crippen LogP contribution in [0.3, 0.4) is 0 Å². The highest BCUT2D eigenvalue weighted by molar-refractivity contribution is 5.28. The molecular weight excluding hydrogens is 240 g/mol. The molecule has 0 aliphatic carbocycles. The summed E-state index contributed by atoms with van der Waals surface area (Å²) in [5, 5.41) is 13.3. The van der Waals surface area contributed by atoms with Crippen LogP contribution < -0.4 is 10.1 Å². The zero-order chi connectivity index (χ0) is 13.8. The molecule has 0 aromatic heterocycles. The highest BCUT2D eigenvalue weighted by Gasteiger charge is 2.28. The summed E-state index contributed by atoms with van der Waals surface area (Å²) in [4.78, 5) is 2.35. The predicted molar refractivity (Wildman–Crippen MR) is 76.3 cm³/mol. The van der Waals surface area contributed by atoms with Crippen LogP contribution in [0.4, 0.5) is 0 Å². The summed E-state index contributed by atoms with van der Waals surface area (Å²) >= 11 is 0. The van der Waals surface area contributed by atoms with Crippen LogP contribution >= 0.6 is 0 Å². The Morgan fingerprint density at radius 2 is 2.32 bits per heavy atom. The van der Waals surface area contributed by atoms with Crippen molar-refractivity contribution in [2.75, 3.05) is 20.2 Å². The first-order valence-electron chi connectivity index (χ1n) is 6.88. The maximum absolute atomic E-state index is 9.91. The molecule has 1 aromatic carbocycles. The molecule has 1 heterocycles. The maximum Gasteiger partial charge on any atom is 0.119 e. The first kappa shape index (κ1) is 14.3. The third-order valence-corrected chi connectivity index (χ3v) is 3.73. The van der Waals surface area contributed by atoms with E-state index in [1.165, 1.54) is 5.56 Å². The van der Waals surface area contributed by atoms with Gasteiger partial charge in [0.15, 0.2) is 0 Å². The quantitative estimate of drug-likeness (QED) is 0.859. The summed E-state index contributed by atoms with van der Waals surface area (Å²) in [5.41, 5.74) is 1.22. The molecule has 0 radical (unpaired) electrons. The molecule has 2 rings (SSSR count). The SMILES string of the molecule is COc1cccc(CN2CC(C)NCC2C(C)O)c1. The van der Waals surface area contributed by atoms with Gasteiger partial charge in [0.2, 0.25) is 0 Å². The minimum atomic E-state index is -0.328. The number of nitrogens with zero attached hydrogens (tertiary/aromatic N) is 1. The maximum atomic E-state index is 9.91. The lowest BCUT2D eigenvalue weighted by Crippen LogP contribution is -2.58. The Balaban J connectivity index is 2.09. The molecule has 0 saturated carbocycles. The third-order valence-electron chi connectivity index (χ3n) is 3.73. The van der Waals surface area contributed by atoms with Gasteiger partial charge in [0, 0.05) is 31.7 Å². The fraction of sp³-hybridized carbons (Fsp3) is 0.600. The van der Waals surface area contributed by atoms with Crippen LogP contribution in [-0.4, -0.2) is 48.4 Å². The fourth-order valence-electron chi connectivity index (χ4n) is 2.67. The molecule has 4 heteroatoms. The molecule has 0 spiro atoms. The molecule has 1 aliphatic heterocycles. The van der Waals surface area contributed by atoms with Crippen LogP contribution in [0.25, 0.3) is 0 Å². The summed E-state index contributed by atoms with van der Waals surface area (Å²) in [5.74, 6) is 0.884. The van der Waals surface area contributed by atoms with Gasteiger partial charge in [-0.3, -0.25) is 4.90 Å². The zero-order valence-electron chi connectivity index (χ0n) is 12.0. The van der Waals surface area contributed by atoms with Crippen molar-refractivity contribution >= 4 is 0 Å². The molecule has 0 bridgehead atoms. The Labute approximate surface area is 115 Å². The number of hydrogen-bond acceptors (Lipinski definition) is 4. The minimum absolute atomic E-state index is 0.169. The van der Waals surface area contributed by atoms with E-state index in [1.807, 2.05) is 19.1 Å². The van der Waals surface area contributed by atoms with Crippen molar-refractivity contribution in [3.05, 3.63) is 29.8 Å². The number of hydrogen-bond donors (Lipinski definition) is 2. The predicted octanol–water partition coefficient (Wildman–Crippen LogP) is 1.24. The van der Waals surface area contributed by atoms with Gasteiger partial charge < -0.3 is 15.2 Å². The second-order valence-corrected chi connectivity index (χ2v) is 5.40. The van der Waals surface area contributed by atoms with Crippen LogP contribution in [-0.2, 0) is 6.54 Å². The molecule has 0 amide bonds. The number of aliphatic hydroxyl groups is 1. The average molecular weight is 264 g/mol. The minimum Gasteiger partial charge on any atom is -0.497 e. The Morgan fingerprint density at radius 1 is 1.53 bits per heavy atom. The van der Waals surface area contributed by atoms with Crippen molar-refractivity contribution in [2.45, 2.75) is 38.6 Å². The lowest BCUT2D eigenvalue weighted by atomic mass is 10.0. The molecule has 1 aromatic rings. The molecule has 106 valence electrons. The van der Waals surface area contributed by atoms with Crippen molar-refractivity contribution in [3.63, 3.8) is 0 Å². The summed E-state index contributed by atoms with van der Waals surface area (Å²) in [6.45, 7) is 6.67. The van der Waals surface area contributed by atoms with Gasteiger partial charge in [-0.05, 0) is 31.5 Å². The van der Waals surface area contributed by atoms with Gasteiger partial charge in [-0.15, -0.1) is 0 Å². The van der Waals surface area contributed by atoms with Crippen molar-refractivity contribution in [1.82, 2.24) is 10.2 Å². The van der Waals surface area contributed by atoms with E-state index in [9.17, 15) is 5.11 Å². The highest BCUT2D eigenvalue weighted by Crippen LogP contribution is 2.18. The van der Waals surface area contributed by atoms with Crippen molar-refractivity contribution in [3.8, 4) is 5.75 Å². The van der Waals surface area contributed by atoms with Crippen LogP contribution in [0.2, 0.25) is 0 Å². The normalized spacial score (nSPS) is 26.1. The molecule has 4 nitrogen and oxygen atoms in total. The first-order chi connectivity index (χ1) is 9.10. The smallest absolute Gasteiger partial charge is 0.119 e. The molecule has 1 aliphatic rings. The van der Waals surface area contributed by atoms with E-state index in [1.54, 1.807) is 7.11 Å². The van der Waals surface area contributed by atoms with Gasteiger partial charge >= 0.3 is 0 Å². The van der Waals surface area contributed by atoms with Crippen molar-refractivity contribution in [1.29, 1.82) is 0 Å². The standard InChI is InChI=1S/C15H24N2O2/c1-11-9-17(15(8-16-11)12(2)18)10-13-5-4-6-14(7-13)19-3/h4-7,11-12,15-16,18H,8-10H2,1-3H3. The Morgan fingerprint density at radius 3 is 3.00 bits per heavy atom. The van der Waals surface area contributed by atoms with E-state index in [4.69, 9.17) is 4.74 Å². The summed E-state index contributed by atoms with van der Waals surface area (Å²) in [7, 11) is 1.69. The number of aliphatic hydroxyl groups excluding tert-OH is 1. The van der Waals surface area contributed by atoms with E-state index in [-0.39, 0.29) is 12.1 Å². The lowest BCUT2D eigenvalue weighted by molar-refractivity contribution is 0.0291. The second-order valence-electron chi connectivity index (χ2n) is 5.40. The first-order valence-corrected chi connectivity index (χ1v) is 6.88. The Kier molecular flexibility index (Phi) is 4.80. The van der Waals surface area contributed by atoms with Crippen LogP contribution in [0.1, 0.15) is 19.4 Å². The summed E-state index contributed by atoms with van der Waals surface area (Å²) < 4.78 is 5.26. The third kappa shape index (κ3) is 3.69. The number of rotatable bonds is 4. The van der Waals surface area contributed by atoms with E-state index < -0.39 is 0 Å². The molecule has 1 saturated heterocycles. The van der Waals surface area contributed by atoms with Crippen molar-refractivity contribution in [2.24, 2.45) is 0 Å². The number of methoxy groups -OCH3 is 1. The van der Waals surface area contributed by atoms with Crippen LogP contribution in [0.5, 0.6) is 5.75 Å². The van der Waals surface area contributed by atoms with Gasteiger partial charge in [0.1, 0.15) is 5.75 Å². The van der Waals surface area contributed by atoms with E-state index in [2.05, 4.69) is 29.3 Å². The fourth-order valence-corrected chi connectivity index (χ4v) is 2.67. The molecule has 1 fully saturated rings. The van der Waals surface area contributed by atoms with Gasteiger partial charge in [-0.1, -0.05) is 12.1 Å². The van der Waals surface area contributed by atoms with E-state index in [0.29, 0.717) is 6.04 Å². The highest BCUT2D eigenvalue weighted by atomic mass is 16.5. The topological polar surface area (TPSA) is 44.7 Å².